The predicted molar refractivity (Wildman–Crippen MR) is 113 cm³/mol. The smallest absolute Gasteiger partial charge is 0.243 e. The fourth-order valence-electron chi connectivity index (χ4n) is 3.63. The zero-order valence-corrected chi connectivity index (χ0v) is 18.4. The molecule has 0 aliphatic carbocycles. The van der Waals surface area contributed by atoms with Crippen molar-refractivity contribution in [2.75, 3.05) is 65.3 Å². The summed E-state index contributed by atoms with van der Waals surface area (Å²) in [5, 5.41) is 2.80. The molecular formula is C20H30N4O5S. The van der Waals surface area contributed by atoms with Gasteiger partial charge in [-0.3, -0.25) is 9.59 Å². The van der Waals surface area contributed by atoms with Gasteiger partial charge in [0, 0.05) is 38.3 Å². The predicted octanol–water partition coefficient (Wildman–Crippen LogP) is 0.446. The van der Waals surface area contributed by atoms with Crippen LogP contribution in [0.15, 0.2) is 29.2 Å². The van der Waals surface area contributed by atoms with Gasteiger partial charge in [-0.15, -0.1) is 0 Å². The van der Waals surface area contributed by atoms with Gasteiger partial charge in [-0.2, -0.15) is 4.31 Å². The number of nitrogens with one attached hydrogen (secondary N) is 1. The Kier molecular flexibility index (Phi) is 7.45. The van der Waals surface area contributed by atoms with E-state index in [9.17, 15) is 18.0 Å². The van der Waals surface area contributed by atoms with Crippen molar-refractivity contribution in [3.05, 3.63) is 24.3 Å². The van der Waals surface area contributed by atoms with Gasteiger partial charge in [0.25, 0.3) is 0 Å². The van der Waals surface area contributed by atoms with Crippen molar-refractivity contribution in [1.29, 1.82) is 0 Å². The lowest BCUT2D eigenvalue weighted by molar-refractivity contribution is -0.128. The van der Waals surface area contributed by atoms with Gasteiger partial charge in [0.15, 0.2) is 0 Å². The van der Waals surface area contributed by atoms with Gasteiger partial charge in [-0.05, 0) is 51.3 Å². The average Bonchev–Trinajstić information content (AvgIpc) is 3.09. The molecule has 2 saturated heterocycles. The molecule has 2 amide bonds. The lowest BCUT2D eigenvalue weighted by Gasteiger charge is -2.26. The summed E-state index contributed by atoms with van der Waals surface area (Å²) in [6.45, 7) is 3.40. The lowest BCUT2D eigenvalue weighted by Crippen LogP contribution is -2.40. The van der Waals surface area contributed by atoms with Crippen LogP contribution in [0, 0.1) is 5.92 Å². The van der Waals surface area contributed by atoms with Crippen molar-refractivity contribution in [2.24, 2.45) is 5.92 Å². The van der Waals surface area contributed by atoms with E-state index < -0.39 is 15.9 Å². The average molecular weight is 439 g/mol. The van der Waals surface area contributed by atoms with Gasteiger partial charge in [0.1, 0.15) is 0 Å². The highest BCUT2D eigenvalue weighted by molar-refractivity contribution is 7.89. The number of sulfonamides is 1. The molecule has 2 fully saturated rings. The zero-order chi connectivity index (χ0) is 21.7. The van der Waals surface area contributed by atoms with Crippen LogP contribution in [0.1, 0.15) is 12.8 Å². The molecule has 30 heavy (non-hydrogen) atoms. The molecule has 0 spiro atoms. The van der Waals surface area contributed by atoms with Crippen LogP contribution in [0.25, 0.3) is 0 Å². The minimum absolute atomic E-state index is 0.000795. The fourth-order valence-corrected chi connectivity index (χ4v) is 5.04. The summed E-state index contributed by atoms with van der Waals surface area (Å²) in [5.41, 5.74) is 0.513. The van der Waals surface area contributed by atoms with E-state index >= 15 is 0 Å². The van der Waals surface area contributed by atoms with E-state index in [1.54, 1.807) is 17.0 Å². The maximum atomic E-state index is 12.7. The molecule has 3 rings (SSSR count). The molecule has 0 aromatic heterocycles. The Bertz CT molecular complexity index is 850. The molecule has 1 aromatic rings. The first-order valence-corrected chi connectivity index (χ1v) is 11.6. The van der Waals surface area contributed by atoms with E-state index in [2.05, 4.69) is 10.2 Å². The highest BCUT2D eigenvalue weighted by Crippen LogP contribution is 2.22. The number of hydrogen-bond acceptors (Lipinski definition) is 6. The maximum absolute atomic E-state index is 12.7. The quantitative estimate of drug-likeness (QED) is 0.633. The van der Waals surface area contributed by atoms with Crippen LogP contribution in [0.5, 0.6) is 0 Å². The largest absolute Gasteiger partial charge is 0.379 e. The summed E-state index contributed by atoms with van der Waals surface area (Å²) in [4.78, 5) is 28.7. The van der Waals surface area contributed by atoms with Crippen LogP contribution in [0.3, 0.4) is 0 Å². The molecule has 2 heterocycles. The van der Waals surface area contributed by atoms with Crippen molar-refractivity contribution < 1.29 is 22.7 Å². The van der Waals surface area contributed by atoms with Gasteiger partial charge in [0.05, 0.1) is 24.0 Å². The van der Waals surface area contributed by atoms with Gasteiger partial charge in [0.2, 0.25) is 21.8 Å². The second kappa shape index (κ2) is 9.86. The Morgan fingerprint density at radius 2 is 1.87 bits per heavy atom. The molecular weight excluding hydrogens is 408 g/mol. The summed E-state index contributed by atoms with van der Waals surface area (Å²) in [5.74, 6) is -0.614. The molecule has 0 saturated carbocycles. The standard InChI is InChI=1S/C20H30N4O5S/c1-22(2)8-3-9-23-15-16(14-19(23)25)20(26)21-17-4-6-18(7-5-17)30(27,28)24-10-12-29-13-11-24/h4-7,16H,3,8-15H2,1-2H3,(H,21,26). The summed E-state index contributed by atoms with van der Waals surface area (Å²) in [6.07, 6.45) is 1.07. The number of rotatable bonds is 8. The number of nitrogens with zero attached hydrogens (tertiary/aromatic N) is 3. The SMILES string of the molecule is CN(C)CCCN1CC(C(=O)Nc2ccc(S(=O)(=O)N3CCOCC3)cc2)CC1=O. The number of carbonyl (C=O) groups is 2. The van der Waals surface area contributed by atoms with E-state index in [-0.39, 0.29) is 23.1 Å². The normalized spacial score (nSPS) is 20.7. The van der Waals surface area contributed by atoms with E-state index in [1.807, 2.05) is 14.1 Å². The van der Waals surface area contributed by atoms with Crippen LogP contribution in [-0.2, 0) is 24.3 Å². The molecule has 2 aliphatic heterocycles. The molecule has 1 atom stereocenters. The number of likely N-dealkylation sites (tertiary alicyclic amines) is 1. The molecule has 166 valence electrons. The van der Waals surface area contributed by atoms with Gasteiger partial charge in [-0.25, -0.2) is 8.42 Å². The molecule has 2 aliphatic rings. The highest BCUT2D eigenvalue weighted by atomic mass is 32.2. The molecule has 10 heteroatoms. The summed E-state index contributed by atoms with van der Waals surface area (Å²) in [6, 6.07) is 6.15. The zero-order valence-electron chi connectivity index (χ0n) is 17.5. The van der Waals surface area contributed by atoms with Gasteiger partial charge >= 0.3 is 0 Å². The number of benzene rings is 1. The number of anilines is 1. The van der Waals surface area contributed by atoms with Crippen LogP contribution in [0.4, 0.5) is 5.69 Å². The number of morpholine rings is 1. The third kappa shape index (κ3) is 5.57. The first-order chi connectivity index (χ1) is 14.3. The number of hydrogen-bond donors (Lipinski definition) is 1. The van der Waals surface area contributed by atoms with Crippen LogP contribution >= 0.6 is 0 Å². The Morgan fingerprint density at radius 3 is 2.50 bits per heavy atom. The summed E-state index contributed by atoms with van der Waals surface area (Å²) in [7, 11) is 0.405. The summed E-state index contributed by atoms with van der Waals surface area (Å²) < 4.78 is 31.9. The maximum Gasteiger partial charge on any atom is 0.243 e. The minimum Gasteiger partial charge on any atom is -0.379 e. The van der Waals surface area contributed by atoms with Crippen LogP contribution in [-0.4, -0.2) is 94.4 Å². The lowest BCUT2D eigenvalue weighted by atomic mass is 10.1. The van der Waals surface area contributed by atoms with Crippen LogP contribution in [0.2, 0.25) is 0 Å². The second-order valence-electron chi connectivity index (χ2n) is 7.93. The van der Waals surface area contributed by atoms with Crippen molar-refractivity contribution in [1.82, 2.24) is 14.1 Å². The first-order valence-electron chi connectivity index (χ1n) is 10.2. The van der Waals surface area contributed by atoms with E-state index in [4.69, 9.17) is 4.74 Å². The van der Waals surface area contributed by atoms with E-state index in [0.717, 1.165) is 13.0 Å². The van der Waals surface area contributed by atoms with Crippen LogP contribution < -0.4 is 5.32 Å². The molecule has 9 nitrogen and oxygen atoms in total. The van der Waals surface area contributed by atoms with E-state index in [1.165, 1.54) is 16.4 Å². The molecule has 1 unspecified atom stereocenters. The topological polar surface area (TPSA) is 99.3 Å². The molecule has 0 bridgehead atoms. The van der Waals surface area contributed by atoms with Crippen molar-refractivity contribution in [3.63, 3.8) is 0 Å². The third-order valence-electron chi connectivity index (χ3n) is 5.35. The number of ether oxygens (including phenoxy) is 1. The van der Waals surface area contributed by atoms with Crippen molar-refractivity contribution in [2.45, 2.75) is 17.7 Å². The molecule has 0 radical (unpaired) electrons. The number of carbonyl (C=O) groups excluding carboxylic acids is 2. The van der Waals surface area contributed by atoms with Crippen molar-refractivity contribution in [3.8, 4) is 0 Å². The van der Waals surface area contributed by atoms with E-state index in [0.29, 0.717) is 45.1 Å². The number of amides is 2. The van der Waals surface area contributed by atoms with Gasteiger partial charge < -0.3 is 19.9 Å². The second-order valence-corrected chi connectivity index (χ2v) is 9.87. The Hall–Kier alpha value is -2.01. The van der Waals surface area contributed by atoms with Gasteiger partial charge in [-0.1, -0.05) is 0 Å². The monoisotopic (exact) mass is 438 g/mol. The summed E-state index contributed by atoms with van der Waals surface area (Å²) >= 11 is 0. The Morgan fingerprint density at radius 1 is 1.20 bits per heavy atom. The Balaban J connectivity index is 1.55. The minimum atomic E-state index is -3.57. The first kappa shape index (κ1) is 22.7. The Labute approximate surface area is 178 Å². The molecule has 1 N–H and O–H groups in total. The fraction of sp³-hybridized carbons (Fsp3) is 0.600. The highest BCUT2D eigenvalue weighted by Gasteiger charge is 2.34. The third-order valence-corrected chi connectivity index (χ3v) is 7.26. The van der Waals surface area contributed by atoms with Crippen molar-refractivity contribution >= 4 is 27.5 Å². The molecule has 1 aromatic carbocycles.